The van der Waals surface area contributed by atoms with Crippen LogP contribution < -0.4 is 5.32 Å². The van der Waals surface area contributed by atoms with E-state index < -0.39 is 0 Å². The molecule has 5 nitrogen and oxygen atoms in total. The summed E-state index contributed by atoms with van der Waals surface area (Å²) in [6, 6.07) is 8.75. The van der Waals surface area contributed by atoms with Crippen molar-refractivity contribution in [2.45, 2.75) is 38.8 Å². The third-order valence-corrected chi connectivity index (χ3v) is 4.12. The van der Waals surface area contributed by atoms with Crippen LogP contribution in [0.4, 0.5) is 4.79 Å². The highest BCUT2D eigenvalue weighted by atomic mass is 16.2. The molecule has 1 saturated carbocycles. The average Bonchev–Trinajstić information content (AvgIpc) is 3.31. The van der Waals surface area contributed by atoms with Gasteiger partial charge >= 0.3 is 6.03 Å². The minimum atomic E-state index is 0.0566. The second-order valence-corrected chi connectivity index (χ2v) is 6.19. The predicted molar refractivity (Wildman–Crippen MR) is 90.9 cm³/mol. The molecule has 0 atom stereocenters. The van der Waals surface area contributed by atoms with Crippen molar-refractivity contribution < 1.29 is 4.79 Å². The number of rotatable bonds is 6. The van der Waals surface area contributed by atoms with Crippen LogP contribution in [-0.4, -0.2) is 33.3 Å². The van der Waals surface area contributed by atoms with Crippen LogP contribution in [0.2, 0.25) is 0 Å². The van der Waals surface area contributed by atoms with Crippen molar-refractivity contribution in [1.82, 2.24) is 20.0 Å². The zero-order chi connectivity index (χ0) is 16.2. The van der Waals surface area contributed by atoms with Gasteiger partial charge in [0.1, 0.15) is 0 Å². The van der Waals surface area contributed by atoms with E-state index in [9.17, 15) is 4.79 Å². The lowest BCUT2D eigenvalue weighted by atomic mass is 10.1. The molecule has 1 N–H and O–H groups in total. The number of carbonyl (C=O) groups excluding carboxylic acids is 1. The molecule has 122 valence electrons. The number of aromatic nitrogens is 2. The van der Waals surface area contributed by atoms with Gasteiger partial charge in [0.25, 0.3) is 0 Å². The van der Waals surface area contributed by atoms with E-state index in [4.69, 9.17) is 0 Å². The van der Waals surface area contributed by atoms with Gasteiger partial charge in [-0.2, -0.15) is 5.10 Å². The second kappa shape index (κ2) is 6.86. The van der Waals surface area contributed by atoms with Crippen LogP contribution >= 0.6 is 0 Å². The molecule has 0 saturated heterocycles. The first kappa shape index (κ1) is 15.6. The van der Waals surface area contributed by atoms with Gasteiger partial charge in [0.2, 0.25) is 0 Å². The smallest absolute Gasteiger partial charge is 0.317 e. The standard InChI is InChI=1S/C18H24N4O/c1-3-9-22(17-7-8-17)18(23)19-11-14-5-4-6-15(10-14)16-12-20-21(2)13-16/h4-6,10,12-13,17H,3,7-9,11H2,1-2H3,(H,19,23). The third kappa shape index (κ3) is 3.92. The summed E-state index contributed by atoms with van der Waals surface area (Å²) in [6.45, 7) is 3.51. The van der Waals surface area contributed by atoms with Gasteiger partial charge in [-0.25, -0.2) is 4.79 Å². The average molecular weight is 312 g/mol. The number of benzene rings is 1. The lowest BCUT2D eigenvalue weighted by Crippen LogP contribution is -2.41. The molecule has 1 aromatic carbocycles. The summed E-state index contributed by atoms with van der Waals surface area (Å²) < 4.78 is 1.79. The Morgan fingerprint density at radius 3 is 2.87 bits per heavy atom. The van der Waals surface area contributed by atoms with Crippen molar-refractivity contribution in [1.29, 1.82) is 0 Å². The Balaban J connectivity index is 1.63. The number of carbonyl (C=O) groups is 1. The van der Waals surface area contributed by atoms with Crippen LogP contribution in [0.25, 0.3) is 11.1 Å². The Morgan fingerprint density at radius 2 is 2.22 bits per heavy atom. The third-order valence-electron chi connectivity index (χ3n) is 4.12. The summed E-state index contributed by atoms with van der Waals surface area (Å²) in [5.74, 6) is 0. The Kier molecular flexibility index (Phi) is 4.65. The Morgan fingerprint density at radius 1 is 1.39 bits per heavy atom. The van der Waals surface area contributed by atoms with E-state index in [1.54, 1.807) is 4.68 Å². The summed E-state index contributed by atoms with van der Waals surface area (Å²) in [5.41, 5.74) is 3.32. The first-order valence-electron chi connectivity index (χ1n) is 8.30. The van der Waals surface area contributed by atoms with Crippen molar-refractivity contribution in [3.05, 3.63) is 42.2 Å². The molecule has 0 spiro atoms. The number of amides is 2. The van der Waals surface area contributed by atoms with Crippen LogP contribution in [0.15, 0.2) is 36.7 Å². The lowest BCUT2D eigenvalue weighted by Gasteiger charge is -2.22. The maximum atomic E-state index is 12.3. The molecule has 1 aliphatic carbocycles. The molecular weight excluding hydrogens is 288 g/mol. The van der Waals surface area contributed by atoms with E-state index in [1.165, 1.54) is 0 Å². The summed E-state index contributed by atoms with van der Waals surface area (Å²) in [4.78, 5) is 14.3. The van der Waals surface area contributed by atoms with Gasteiger partial charge in [-0.3, -0.25) is 4.68 Å². The minimum absolute atomic E-state index is 0.0566. The van der Waals surface area contributed by atoms with Gasteiger partial charge in [-0.05, 0) is 36.5 Å². The zero-order valence-electron chi connectivity index (χ0n) is 13.8. The summed E-state index contributed by atoms with van der Waals surface area (Å²) >= 11 is 0. The molecule has 0 radical (unpaired) electrons. The largest absolute Gasteiger partial charge is 0.334 e. The SMILES string of the molecule is CCCN(C(=O)NCc1cccc(-c2cnn(C)c2)c1)C1CC1. The molecular formula is C18H24N4O. The van der Waals surface area contributed by atoms with Gasteiger partial charge < -0.3 is 10.2 Å². The number of aryl methyl sites for hydroxylation is 1. The highest BCUT2D eigenvalue weighted by Crippen LogP contribution is 2.27. The van der Waals surface area contributed by atoms with Gasteiger partial charge in [0, 0.05) is 37.9 Å². The Hall–Kier alpha value is -2.30. The van der Waals surface area contributed by atoms with Crippen molar-refractivity contribution in [3.8, 4) is 11.1 Å². The minimum Gasteiger partial charge on any atom is -0.334 e. The topological polar surface area (TPSA) is 50.2 Å². The van der Waals surface area contributed by atoms with Gasteiger partial charge in [0.05, 0.1) is 6.20 Å². The van der Waals surface area contributed by atoms with Crippen molar-refractivity contribution in [2.75, 3.05) is 6.54 Å². The van der Waals surface area contributed by atoms with Crippen LogP contribution in [-0.2, 0) is 13.6 Å². The molecule has 5 heteroatoms. The molecule has 1 fully saturated rings. The maximum Gasteiger partial charge on any atom is 0.317 e. The van der Waals surface area contributed by atoms with Crippen LogP contribution in [0.1, 0.15) is 31.7 Å². The predicted octanol–water partition coefficient (Wildman–Crippen LogP) is 3.17. The van der Waals surface area contributed by atoms with Gasteiger partial charge in [0.15, 0.2) is 0 Å². The number of hydrogen-bond donors (Lipinski definition) is 1. The van der Waals surface area contributed by atoms with Crippen LogP contribution in [0.3, 0.4) is 0 Å². The number of nitrogens with zero attached hydrogens (tertiary/aromatic N) is 3. The van der Waals surface area contributed by atoms with Crippen molar-refractivity contribution in [3.63, 3.8) is 0 Å². The van der Waals surface area contributed by atoms with E-state index in [0.717, 1.165) is 42.5 Å². The molecule has 1 aliphatic rings. The maximum absolute atomic E-state index is 12.3. The first-order valence-corrected chi connectivity index (χ1v) is 8.30. The normalized spacial score (nSPS) is 13.8. The summed E-state index contributed by atoms with van der Waals surface area (Å²) in [6.07, 6.45) is 7.13. The monoisotopic (exact) mass is 312 g/mol. The fraction of sp³-hybridized carbons (Fsp3) is 0.444. The van der Waals surface area contributed by atoms with E-state index in [0.29, 0.717) is 12.6 Å². The molecule has 1 aromatic heterocycles. The summed E-state index contributed by atoms with van der Waals surface area (Å²) in [7, 11) is 1.91. The lowest BCUT2D eigenvalue weighted by molar-refractivity contribution is 0.194. The fourth-order valence-corrected chi connectivity index (χ4v) is 2.79. The van der Waals surface area contributed by atoms with Crippen LogP contribution in [0.5, 0.6) is 0 Å². The van der Waals surface area contributed by atoms with Crippen molar-refractivity contribution in [2.24, 2.45) is 7.05 Å². The number of urea groups is 1. The summed E-state index contributed by atoms with van der Waals surface area (Å²) in [5, 5.41) is 7.26. The van der Waals surface area contributed by atoms with Gasteiger partial charge in [-0.15, -0.1) is 0 Å². The second-order valence-electron chi connectivity index (χ2n) is 6.19. The molecule has 0 bridgehead atoms. The van der Waals surface area contributed by atoms with Gasteiger partial charge in [-0.1, -0.05) is 25.1 Å². The zero-order valence-corrected chi connectivity index (χ0v) is 13.8. The van der Waals surface area contributed by atoms with Crippen LogP contribution in [0, 0.1) is 0 Å². The number of hydrogen-bond acceptors (Lipinski definition) is 2. The Labute approximate surface area is 137 Å². The quantitative estimate of drug-likeness (QED) is 0.890. The highest BCUT2D eigenvalue weighted by molar-refractivity contribution is 5.75. The number of nitrogens with one attached hydrogen (secondary N) is 1. The van der Waals surface area contributed by atoms with Crippen molar-refractivity contribution >= 4 is 6.03 Å². The first-order chi connectivity index (χ1) is 11.2. The molecule has 0 unspecified atom stereocenters. The fourth-order valence-electron chi connectivity index (χ4n) is 2.79. The molecule has 0 aliphatic heterocycles. The molecule has 2 amide bonds. The molecule has 1 heterocycles. The molecule has 3 rings (SSSR count). The highest BCUT2D eigenvalue weighted by Gasteiger charge is 2.31. The van der Waals surface area contributed by atoms with E-state index in [-0.39, 0.29) is 6.03 Å². The molecule has 2 aromatic rings. The van der Waals surface area contributed by atoms with E-state index >= 15 is 0 Å². The van der Waals surface area contributed by atoms with E-state index in [2.05, 4.69) is 29.5 Å². The van der Waals surface area contributed by atoms with E-state index in [1.807, 2.05) is 36.5 Å². The Bertz CT molecular complexity index is 675. The molecule has 23 heavy (non-hydrogen) atoms.